The molecule has 0 atom stereocenters. The molecule has 0 bridgehead atoms. The topological polar surface area (TPSA) is 80.9 Å². The molecule has 0 saturated heterocycles. The van der Waals surface area contributed by atoms with E-state index in [1.165, 1.54) is 0 Å². The van der Waals surface area contributed by atoms with Crippen molar-refractivity contribution in [2.45, 2.75) is 26.8 Å². The molecular weight excluding hydrogens is 260 g/mol. The highest BCUT2D eigenvalue weighted by atomic mass is 32.1. The number of carbonyl (C=O) groups excluding carboxylic acids is 1. The van der Waals surface area contributed by atoms with Crippen molar-refractivity contribution in [3.05, 3.63) is 39.5 Å². The standard InChI is InChI=1S/C13H16N4OS/c1-3-10-4-9(5-11(14)17-10)13(18)16-7-12-15-6-8(2)19-12/h4-6H,3,7H2,1-2H3,(H2,14,17)(H,16,18). The molecule has 0 spiro atoms. The zero-order valence-corrected chi connectivity index (χ0v) is 11.8. The zero-order chi connectivity index (χ0) is 13.8. The van der Waals surface area contributed by atoms with Gasteiger partial charge in [0.25, 0.3) is 5.91 Å². The quantitative estimate of drug-likeness (QED) is 0.894. The Balaban J connectivity index is 2.05. The zero-order valence-electron chi connectivity index (χ0n) is 10.9. The second-order valence-electron chi connectivity index (χ2n) is 4.17. The summed E-state index contributed by atoms with van der Waals surface area (Å²) < 4.78 is 0. The van der Waals surface area contributed by atoms with E-state index in [-0.39, 0.29) is 5.91 Å². The van der Waals surface area contributed by atoms with E-state index in [2.05, 4.69) is 15.3 Å². The minimum Gasteiger partial charge on any atom is -0.384 e. The number of thiazole rings is 1. The molecule has 0 fully saturated rings. The number of anilines is 1. The predicted molar refractivity (Wildman–Crippen MR) is 76.0 cm³/mol. The third-order valence-electron chi connectivity index (χ3n) is 2.59. The lowest BCUT2D eigenvalue weighted by Gasteiger charge is -2.06. The van der Waals surface area contributed by atoms with Crippen LogP contribution in [0.4, 0.5) is 5.82 Å². The van der Waals surface area contributed by atoms with E-state index in [1.54, 1.807) is 29.7 Å². The Morgan fingerprint density at radius 1 is 1.47 bits per heavy atom. The molecule has 19 heavy (non-hydrogen) atoms. The maximum absolute atomic E-state index is 12.0. The van der Waals surface area contributed by atoms with Crippen LogP contribution in [0.2, 0.25) is 0 Å². The lowest BCUT2D eigenvalue weighted by Crippen LogP contribution is -2.23. The molecule has 3 N–H and O–H groups in total. The van der Waals surface area contributed by atoms with Crippen LogP contribution < -0.4 is 11.1 Å². The van der Waals surface area contributed by atoms with Gasteiger partial charge in [0.2, 0.25) is 0 Å². The third kappa shape index (κ3) is 3.51. The molecule has 2 rings (SSSR count). The van der Waals surface area contributed by atoms with Gasteiger partial charge in [0.1, 0.15) is 10.8 Å². The molecule has 0 aromatic carbocycles. The Kier molecular flexibility index (Phi) is 4.11. The summed E-state index contributed by atoms with van der Waals surface area (Å²) in [5.74, 6) is 0.214. The van der Waals surface area contributed by atoms with Gasteiger partial charge in [0.15, 0.2) is 0 Å². The number of hydrogen-bond donors (Lipinski definition) is 2. The van der Waals surface area contributed by atoms with Crippen LogP contribution in [-0.4, -0.2) is 15.9 Å². The number of carbonyl (C=O) groups is 1. The van der Waals surface area contributed by atoms with Crippen molar-refractivity contribution in [2.24, 2.45) is 0 Å². The lowest BCUT2D eigenvalue weighted by molar-refractivity contribution is 0.0950. The molecule has 0 aliphatic heterocycles. The lowest BCUT2D eigenvalue weighted by atomic mass is 10.2. The molecule has 2 aromatic heterocycles. The Bertz CT molecular complexity index is 594. The van der Waals surface area contributed by atoms with Crippen molar-refractivity contribution in [2.75, 3.05) is 5.73 Å². The highest BCUT2D eigenvalue weighted by Crippen LogP contribution is 2.12. The third-order valence-corrected chi connectivity index (χ3v) is 3.50. The van der Waals surface area contributed by atoms with Gasteiger partial charge in [-0.3, -0.25) is 4.79 Å². The highest BCUT2D eigenvalue weighted by molar-refractivity contribution is 7.11. The molecule has 100 valence electrons. The molecule has 6 heteroatoms. The molecule has 0 aliphatic rings. The van der Waals surface area contributed by atoms with Crippen LogP contribution in [0.3, 0.4) is 0 Å². The van der Waals surface area contributed by atoms with Gasteiger partial charge in [-0.25, -0.2) is 9.97 Å². The maximum Gasteiger partial charge on any atom is 0.251 e. The number of amides is 1. The number of hydrogen-bond acceptors (Lipinski definition) is 5. The van der Waals surface area contributed by atoms with Gasteiger partial charge in [-0.2, -0.15) is 0 Å². The summed E-state index contributed by atoms with van der Waals surface area (Å²) in [6.07, 6.45) is 2.54. The smallest absolute Gasteiger partial charge is 0.251 e. The largest absolute Gasteiger partial charge is 0.384 e. The van der Waals surface area contributed by atoms with E-state index >= 15 is 0 Å². The van der Waals surface area contributed by atoms with Crippen molar-refractivity contribution >= 4 is 23.1 Å². The number of nitrogen functional groups attached to an aromatic ring is 1. The van der Waals surface area contributed by atoms with Gasteiger partial charge in [-0.1, -0.05) is 6.92 Å². The van der Waals surface area contributed by atoms with E-state index in [0.717, 1.165) is 22.0 Å². The first-order valence-corrected chi connectivity index (χ1v) is 6.86. The van der Waals surface area contributed by atoms with E-state index in [1.807, 2.05) is 13.8 Å². The van der Waals surface area contributed by atoms with Crippen molar-refractivity contribution in [3.8, 4) is 0 Å². The van der Waals surface area contributed by atoms with Gasteiger partial charge in [0.05, 0.1) is 6.54 Å². The minimum atomic E-state index is -0.156. The van der Waals surface area contributed by atoms with Crippen molar-refractivity contribution in [3.63, 3.8) is 0 Å². The van der Waals surface area contributed by atoms with Gasteiger partial charge < -0.3 is 11.1 Å². The number of rotatable bonds is 4. The fourth-order valence-electron chi connectivity index (χ4n) is 1.66. The molecule has 1 amide bonds. The summed E-state index contributed by atoms with van der Waals surface area (Å²) in [5.41, 5.74) is 7.04. The Morgan fingerprint density at radius 3 is 2.89 bits per heavy atom. The fraction of sp³-hybridized carbons (Fsp3) is 0.308. The van der Waals surface area contributed by atoms with Crippen LogP contribution in [0.15, 0.2) is 18.3 Å². The minimum absolute atomic E-state index is 0.156. The first-order valence-electron chi connectivity index (χ1n) is 6.04. The number of nitrogens with two attached hydrogens (primary N) is 1. The Morgan fingerprint density at radius 2 is 2.26 bits per heavy atom. The van der Waals surface area contributed by atoms with Crippen LogP contribution in [0.25, 0.3) is 0 Å². The molecule has 2 aromatic rings. The molecule has 0 radical (unpaired) electrons. The predicted octanol–water partition coefficient (Wildman–Crippen LogP) is 1.92. The maximum atomic E-state index is 12.0. The first-order chi connectivity index (χ1) is 9.08. The number of aromatic nitrogens is 2. The average Bonchev–Trinajstić information content (AvgIpc) is 2.81. The molecule has 0 unspecified atom stereocenters. The Labute approximate surface area is 115 Å². The molecule has 5 nitrogen and oxygen atoms in total. The van der Waals surface area contributed by atoms with Gasteiger partial charge in [-0.15, -0.1) is 11.3 Å². The van der Waals surface area contributed by atoms with Crippen molar-refractivity contribution < 1.29 is 4.79 Å². The van der Waals surface area contributed by atoms with Gasteiger partial charge >= 0.3 is 0 Å². The normalized spacial score (nSPS) is 10.4. The summed E-state index contributed by atoms with van der Waals surface area (Å²) in [5, 5.41) is 3.72. The van der Waals surface area contributed by atoms with Crippen LogP contribution in [-0.2, 0) is 13.0 Å². The Hall–Kier alpha value is -1.95. The average molecular weight is 276 g/mol. The second kappa shape index (κ2) is 5.79. The van der Waals surface area contributed by atoms with Crippen LogP contribution in [0, 0.1) is 6.92 Å². The molecular formula is C13H16N4OS. The summed E-state index contributed by atoms with van der Waals surface area (Å²) in [6.45, 7) is 4.39. The van der Waals surface area contributed by atoms with Crippen molar-refractivity contribution in [1.29, 1.82) is 0 Å². The molecule has 0 aliphatic carbocycles. The summed E-state index contributed by atoms with van der Waals surface area (Å²) >= 11 is 1.57. The fourth-order valence-corrected chi connectivity index (χ4v) is 2.39. The number of pyridine rings is 1. The SMILES string of the molecule is CCc1cc(C(=O)NCc2ncc(C)s2)cc(N)n1. The summed E-state index contributed by atoms with van der Waals surface area (Å²) in [6, 6.07) is 3.35. The first kappa shape index (κ1) is 13.5. The van der Waals surface area contributed by atoms with Gasteiger partial charge in [-0.05, 0) is 25.5 Å². The van der Waals surface area contributed by atoms with Gasteiger partial charge in [0, 0.05) is 22.3 Å². The number of nitrogens with zero attached hydrogens (tertiary/aromatic N) is 2. The summed E-state index contributed by atoms with van der Waals surface area (Å²) in [7, 11) is 0. The number of aryl methyl sites for hydroxylation is 2. The van der Waals surface area contributed by atoms with E-state index < -0.39 is 0 Å². The summed E-state index contributed by atoms with van der Waals surface area (Å²) in [4.78, 5) is 21.5. The van der Waals surface area contributed by atoms with Crippen molar-refractivity contribution in [1.82, 2.24) is 15.3 Å². The van der Waals surface area contributed by atoms with E-state index in [9.17, 15) is 4.79 Å². The van der Waals surface area contributed by atoms with E-state index in [0.29, 0.717) is 17.9 Å². The highest BCUT2D eigenvalue weighted by Gasteiger charge is 2.09. The van der Waals surface area contributed by atoms with Crippen LogP contribution in [0.5, 0.6) is 0 Å². The molecule has 0 saturated carbocycles. The second-order valence-corrected chi connectivity index (χ2v) is 5.49. The molecule has 2 heterocycles. The van der Waals surface area contributed by atoms with E-state index in [4.69, 9.17) is 5.73 Å². The van der Waals surface area contributed by atoms with Crippen LogP contribution >= 0.6 is 11.3 Å². The monoisotopic (exact) mass is 276 g/mol. The number of nitrogens with one attached hydrogen (secondary N) is 1. The van der Waals surface area contributed by atoms with Crippen LogP contribution in [0.1, 0.15) is 32.9 Å².